The third-order valence-electron chi connectivity index (χ3n) is 17.8. The van der Waals surface area contributed by atoms with Crippen molar-refractivity contribution in [2.75, 3.05) is 9.80 Å². The number of anilines is 6. The van der Waals surface area contributed by atoms with Crippen LogP contribution in [0.2, 0.25) is 0 Å². The molecule has 4 heteroatoms. The van der Waals surface area contributed by atoms with Crippen molar-refractivity contribution in [2.24, 2.45) is 0 Å². The van der Waals surface area contributed by atoms with E-state index >= 15 is 0 Å². The highest BCUT2D eigenvalue weighted by Gasteiger charge is 2.49. The molecule has 0 fully saturated rings. The number of fused-ring (bicyclic) bond motifs is 10. The minimum Gasteiger partial charge on any atom is -0.311 e. The van der Waals surface area contributed by atoms with Gasteiger partial charge in [0, 0.05) is 48.5 Å². The first-order valence-electron chi connectivity index (χ1n) is 26.5. The SMILES string of the molecule is Cc1cc2c(cc1N1c3cc4c(cc3B3c5ccc6sc7ccc(C(C)(C)C)cc7c6c5N(c5ccccc5-c5ccccc5)c5cc(-c6ccccc6)cc1c53)C(C)(C)CC4(C)C)C(C)(C)CCC2(C)C. The molecular weight excluding hydrogens is 888 g/mol. The van der Waals surface area contributed by atoms with Crippen LogP contribution >= 0.6 is 11.3 Å². The Kier molecular flexibility index (Phi) is 9.70. The molecule has 358 valence electrons. The zero-order chi connectivity index (χ0) is 50.0. The summed E-state index contributed by atoms with van der Waals surface area (Å²) in [5.41, 5.74) is 25.5. The molecular formula is C68H67BN2S. The van der Waals surface area contributed by atoms with Crippen LogP contribution in [0.4, 0.5) is 34.1 Å². The van der Waals surface area contributed by atoms with Crippen LogP contribution in [-0.4, -0.2) is 6.71 Å². The second-order valence-electron chi connectivity index (χ2n) is 25.6. The van der Waals surface area contributed by atoms with Crippen molar-refractivity contribution in [1.82, 2.24) is 0 Å². The van der Waals surface area contributed by atoms with Gasteiger partial charge in [0.15, 0.2) is 0 Å². The molecule has 0 amide bonds. The number of hydrogen-bond acceptors (Lipinski definition) is 3. The maximum atomic E-state index is 2.74. The highest BCUT2D eigenvalue weighted by Crippen LogP contribution is 2.56. The molecule has 13 rings (SSSR count). The van der Waals surface area contributed by atoms with Crippen LogP contribution in [-0.2, 0) is 27.1 Å². The molecule has 4 aliphatic rings. The molecule has 3 heterocycles. The van der Waals surface area contributed by atoms with Crippen LogP contribution in [0.3, 0.4) is 0 Å². The summed E-state index contributed by atoms with van der Waals surface area (Å²) in [6.45, 7) is 29.2. The Labute approximate surface area is 432 Å². The number of nitrogens with zero attached hydrogens (tertiary/aromatic N) is 2. The Morgan fingerprint density at radius 1 is 0.472 bits per heavy atom. The average molecular weight is 955 g/mol. The topological polar surface area (TPSA) is 6.48 Å². The number of thiophene rings is 1. The second-order valence-corrected chi connectivity index (χ2v) is 26.7. The van der Waals surface area contributed by atoms with Gasteiger partial charge in [-0.3, -0.25) is 0 Å². The zero-order valence-electron chi connectivity index (χ0n) is 44.4. The fourth-order valence-corrected chi connectivity index (χ4v) is 15.1. The Morgan fingerprint density at radius 3 is 1.72 bits per heavy atom. The standard InChI is InChI=1S/C68H67BN2S/c1-41-33-48-50(66(7,8)32-31-65(48,5)6)38-55(41)70-56-39-51-49(67(9,10)40-68(51,11)12)37-53(56)69-52-28-30-60-61(47-36-45(64(2,3)4)27-29-59(47)72-60)63(52)71(54-26-20-19-25-46(54)43-23-17-14-18-24-43)58-35-44(34-57(70)62(58)69)42-21-15-13-16-22-42/h13-30,33-39H,31-32,40H2,1-12H3. The summed E-state index contributed by atoms with van der Waals surface area (Å²) in [5.74, 6) is 0. The number of aryl methyl sites for hydroxylation is 1. The number of para-hydroxylation sites is 1. The molecule has 0 bridgehead atoms. The maximum Gasteiger partial charge on any atom is 0.252 e. The first-order valence-corrected chi connectivity index (χ1v) is 27.4. The minimum atomic E-state index is -0.0236. The quantitative estimate of drug-likeness (QED) is 0.162. The summed E-state index contributed by atoms with van der Waals surface area (Å²) in [6.07, 6.45) is 3.46. The van der Waals surface area contributed by atoms with E-state index in [4.69, 9.17) is 0 Å². The van der Waals surface area contributed by atoms with Crippen molar-refractivity contribution < 1.29 is 0 Å². The van der Waals surface area contributed by atoms with E-state index in [0.29, 0.717) is 0 Å². The number of rotatable bonds is 4. The van der Waals surface area contributed by atoms with Crippen molar-refractivity contribution in [2.45, 2.75) is 129 Å². The summed E-state index contributed by atoms with van der Waals surface area (Å²) in [4.78, 5) is 5.46. The van der Waals surface area contributed by atoms with Gasteiger partial charge < -0.3 is 9.80 Å². The van der Waals surface area contributed by atoms with Crippen LogP contribution in [0, 0.1) is 6.92 Å². The maximum absolute atomic E-state index is 2.74. The van der Waals surface area contributed by atoms with Crippen molar-refractivity contribution in [3.05, 3.63) is 185 Å². The van der Waals surface area contributed by atoms with Gasteiger partial charge in [-0.05, 0) is 168 Å². The lowest BCUT2D eigenvalue weighted by Gasteiger charge is -2.47. The number of hydrogen-bond donors (Lipinski definition) is 0. The van der Waals surface area contributed by atoms with Gasteiger partial charge in [0.1, 0.15) is 0 Å². The molecule has 0 radical (unpaired) electrons. The first kappa shape index (κ1) is 45.5. The van der Waals surface area contributed by atoms with E-state index in [2.05, 4.69) is 245 Å². The molecule has 8 aromatic carbocycles. The lowest BCUT2D eigenvalue weighted by Crippen LogP contribution is -2.61. The molecule has 2 aliphatic carbocycles. The van der Waals surface area contributed by atoms with Gasteiger partial charge in [0.25, 0.3) is 6.71 Å². The molecule has 2 aliphatic heterocycles. The Bertz CT molecular complexity index is 3730. The molecule has 72 heavy (non-hydrogen) atoms. The van der Waals surface area contributed by atoms with E-state index in [0.717, 1.165) is 6.42 Å². The summed E-state index contributed by atoms with van der Waals surface area (Å²) < 4.78 is 2.66. The predicted molar refractivity (Wildman–Crippen MR) is 314 cm³/mol. The van der Waals surface area contributed by atoms with Crippen LogP contribution in [0.5, 0.6) is 0 Å². The Hall–Kier alpha value is -6.36. The van der Waals surface area contributed by atoms with Crippen molar-refractivity contribution >= 4 is 88.7 Å². The molecule has 0 spiro atoms. The third-order valence-corrected chi connectivity index (χ3v) is 18.9. The van der Waals surface area contributed by atoms with Gasteiger partial charge in [-0.25, -0.2) is 0 Å². The molecule has 0 saturated carbocycles. The monoisotopic (exact) mass is 955 g/mol. The van der Waals surface area contributed by atoms with Gasteiger partial charge >= 0.3 is 0 Å². The molecule has 0 unspecified atom stereocenters. The van der Waals surface area contributed by atoms with E-state index < -0.39 is 0 Å². The second kappa shape index (κ2) is 15.3. The van der Waals surface area contributed by atoms with Crippen LogP contribution < -0.4 is 26.2 Å². The lowest BCUT2D eigenvalue weighted by molar-refractivity contribution is 0.332. The van der Waals surface area contributed by atoms with E-state index in [1.165, 1.54) is 139 Å². The Balaban J connectivity index is 1.22. The van der Waals surface area contributed by atoms with Crippen molar-refractivity contribution in [3.63, 3.8) is 0 Å². The van der Waals surface area contributed by atoms with E-state index in [1.807, 2.05) is 11.3 Å². The predicted octanol–water partition coefficient (Wildman–Crippen LogP) is 17.4. The fraction of sp³-hybridized carbons (Fsp3) is 0.294. The normalized spacial score (nSPS) is 17.6. The van der Waals surface area contributed by atoms with Crippen LogP contribution in [0.25, 0.3) is 42.4 Å². The molecule has 9 aromatic rings. The third kappa shape index (κ3) is 6.66. The summed E-state index contributed by atoms with van der Waals surface area (Å²) in [6, 6.07) is 59.3. The largest absolute Gasteiger partial charge is 0.311 e. The van der Waals surface area contributed by atoms with Crippen molar-refractivity contribution in [1.29, 1.82) is 0 Å². The zero-order valence-corrected chi connectivity index (χ0v) is 45.3. The molecule has 2 nitrogen and oxygen atoms in total. The van der Waals surface area contributed by atoms with Crippen LogP contribution in [0.1, 0.15) is 129 Å². The van der Waals surface area contributed by atoms with Gasteiger partial charge in [0.05, 0.1) is 11.4 Å². The smallest absolute Gasteiger partial charge is 0.252 e. The highest BCUT2D eigenvalue weighted by atomic mass is 32.1. The van der Waals surface area contributed by atoms with E-state index in [9.17, 15) is 0 Å². The molecule has 0 N–H and O–H groups in total. The fourth-order valence-electron chi connectivity index (χ4n) is 14.1. The molecule has 0 saturated heterocycles. The highest BCUT2D eigenvalue weighted by molar-refractivity contribution is 7.26. The lowest BCUT2D eigenvalue weighted by atomic mass is 9.33. The summed E-state index contributed by atoms with van der Waals surface area (Å²) >= 11 is 1.94. The van der Waals surface area contributed by atoms with Crippen molar-refractivity contribution in [3.8, 4) is 22.3 Å². The average Bonchev–Trinajstić information content (AvgIpc) is 3.82. The van der Waals surface area contributed by atoms with E-state index in [-0.39, 0.29) is 33.8 Å². The summed E-state index contributed by atoms with van der Waals surface area (Å²) in [5, 5.41) is 2.69. The molecule has 1 aromatic heterocycles. The molecule has 0 atom stereocenters. The van der Waals surface area contributed by atoms with Gasteiger partial charge in [-0.15, -0.1) is 11.3 Å². The minimum absolute atomic E-state index is 0.00448. The van der Waals surface area contributed by atoms with Gasteiger partial charge in [0.2, 0.25) is 0 Å². The van der Waals surface area contributed by atoms with Crippen LogP contribution in [0.15, 0.2) is 152 Å². The van der Waals surface area contributed by atoms with Gasteiger partial charge in [-0.1, -0.05) is 179 Å². The van der Waals surface area contributed by atoms with Gasteiger partial charge in [-0.2, -0.15) is 0 Å². The first-order chi connectivity index (χ1) is 34.2. The Morgan fingerprint density at radius 2 is 1.04 bits per heavy atom. The summed E-state index contributed by atoms with van der Waals surface area (Å²) in [7, 11) is 0. The van der Waals surface area contributed by atoms with E-state index in [1.54, 1.807) is 0 Å². The number of benzene rings is 8.